The maximum Gasteiger partial charge on any atom is 0.308 e. The first-order valence-corrected chi connectivity index (χ1v) is 11.6. The second-order valence-electron chi connectivity index (χ2n) is 8.05. The fraction of sp³-hybridized carbons (Fsp3) is 0.375. The van der Waals surface area contributed by atoms with Crippen molar-refractivity contribution in [3.63, 3.8) is 0 Å². The number of benzene rings is 2. The summed E-state index contributed by atoms with van der Waals surface area (Å²) in [4.78, 5) is 17.1. The van der Waals surface area contributed by atoms with Crippen molar-refractivity contribution >= 4 is 23.2 Å². The molecule has 1 aliphatic rings. The third-order valence-electron chi connectivity index (χ3n) is 5.76. The molecule has 1 aliphatic heterocycles. The van der Waals surface area contributed by atoms with Crippen LogP contribution in [0.3, 0.4) is 0 Å². The summed E-state index contributed by atoms with van der Waals surface area (Å²) < 4.78 is 23.8. The Morgan fingerprint density at radius 2 is 1.91 bits per heavy atom. The molecule has 0 aliphatic carbocycles. The zero-order chi connectivity index (χ0) is 23.9. The predicted octanol–water partition coefficient (Wildman–Crippen LogP) is 3.40. The van der Waals surface area contributed by atoms with Crippen LogP contribution < -0.4 is 15.0 Å². The van der Waals surface area contributed by atoms with Gasteiger partial charge in [-0.3, -0.25) is 9.69 Å². The van der Waals surface area contributed by atoms with Crippen LogP contribution in [0.4, 0.5) is 10.1 Å². The number of carbonyl (C=O) groups excluding carboxylic acids is 1. The van der Waals surface area contributed by atoms with Gasteiger partial charge in [-0.05, 0) is 54.9 Å². The SMILES string of the molecule is COc1ccc(N2CCN(CCCNC(=O)c3nnc(Cc4ccc(F)cc4Cl)o3)CC2)cc1. The zero-order valence-corrected chi connectivity index (χ0v) is 19.7. The average molecular weight is 488 g/mol. The molecule has 1 amide bonds. The predicted molar refractivity (Wildman–Crippen MR) is 127 cm³/mol. The van der Waals surface area contributed by atoms with E-state index >= 15 is 0 Å². The Morgan fingerprint density at radius 1 is 1.15 bits per heavy atom. The Labute approximate surface area is 202 Å². The standard InChI is InChI=1S/C24H27ClFN5O3/c1-33-20-7-5-19(6-8-20)31-13-11-30(12-14-31)10-2-9-27-23(32)24-29-28-22(34-24)15-17-3-4-18(26)16-21(17)25/h3-8,16H,2,9-15H2,1H3,(H,27,32). The molecule has 2 aromatic carbocycles. The maximum atomic E-state index is 13.2. The van der Waals surface area contributed by atoms with E-state index in [0.717, 1.165) is 44.9 Å². The number of carbonyl (C=O) groups is 1. The summed E-state index contributed by atoms with van der Waals surface area (Å²) in [6, 6.07) is 12.2. The summed E-state index contributed by atoms with van der Waals surface area (Å²) >= 11 is 6.03. The van der Waals surface area contributed by atoms with Crippen LogP contribution >= 0.6 is 11.6 Å². The number of aromatic nitrogens is 2. The molecule has 10 heteroatoms. The van der Waals surface area contributed by atoms with Gasteiger partial charge in [0.1, 0.15) is 11.6 Å². The van der Waals surface area contributed by atoms with Gasteiger partial charge in [0.25, 0.3) is 0 Å². The van der Waals surface area contributed by atoms with E-state index in [4.69, 9.17) is 20.8 Å². The summed E-state index contributed by atoms with van der Waals surface area (Å²) in [6.07, 6.45) is 1.04. The van der Waals surface area contributed by atoms with Gasteiger partial charge in [0.05, 0.1) is 13.5 Å². The number of nitrogens with one attached hydrogen (secondary N) is 1. The molecule has 4 rings (SSSR count). The van der Waals surface area contributed by atoms with Crippen LogP contribution in [-0.2, 0) is 6.42 Å². The van der Waals surface area contributed by atoms with Gasteiger partial charge in [-0.25, -0.2) is 4.39 Å². The maximum absolute atomic E-state index is 13.2. The lowest BCUT2D eigenvalue weighted by atomic mass is 10.1. The van der Waals surface area contributed by atoms with Crippen LogP contribution in [-0.4, -0.2) is 67.4 Å². The molecule has 0 radical (unpaired) electrons. The number of ether oxygens (including phenoxy) is 1. The summed E-state index contributed by atoms with van der Waals surface area (Å²) in [5, 5.41) is 10.8. The number of hydrogen-bond donors (Lipinski definition) is 1. The van der Waals surface area contributed by atoms with E-state index in [1.807, 2.05) is 12.1 Å². The second-order valence-corrected chi connectivity index (χ2v) is 8.46. The van der Waals surface area contributed by atoms with Crippen molar-refractivity contribution in [2.75, 3.05) is 51.3 Å². The van der Waals surface area contributed by atoms with E-state index < -0.39 is 11.7 Å². The summed E-state index contributed by atoms with van der Waals surface area (Å²) in [5.74, 6) is 0.180. The minimum Gasteiger partial charge on any atom is -0.497 e. The number of amides is 1. The van der Waals surface area contributed by atoms with Gasteiger partial charge in [0, 0.05) is 43.4 Å². The van der Waals surface area contributed by atoms with Gasteiger partial charge in [0.15, 0.2) is 0 Å². The minimum atomic E-state index is -0.418. The second kappa shape index (κ2) is 11.3. The molecule has 0 spiro atoms. The number of hydrogen-bond acceptors (Lipinski definition) is 7. The van der Waals surface area contributed by atoms with Crippen molar-refractivity contribution in [2.24, 2.45) is 0 Å². The summed E-state index contributed by atoms with van der Waals surface area (Å²) in [7, 11) is 1.67. The molecule has 1 N–H and O–H groups in total. The number of piperazine rings is 1. The molecule has 0 bridgehead atoms. The molecule has 0 atom stereocenters. The Hall–Kier alpha value is -3.17. The average Bonchev–Trinajstić information content (AvgIpc) is 3.33. The van der Waals surface area contributed by atoms with Crippen LogP contribution in [0.1, 0.15) is 28.6 Å². The first-order chi connectivity index (χ1) is 16.5. The lowest BCUT2D eigenvalue weighted by molar-refractivity contribution is 0.0915. The third-order valence-corrected chi connectivity index (χ3v) is 6.12. The fourth-order valence-corrected chi connectivity index (χ4v) is 4.08. The van der Waals surface area contributed by atoms with Gasteiger partial charge in [-0.15, -0.1) is 10.2 Å². The molecule has 34 heavy (non-hydrogen) atoms. The number of halogens is 2. The van der Waals surface area contributed by atoms with E-state index in [9.17, 15) is 9.18 Å². The lowest BCUT2D eigenvalue weighted by Crippen LogP contribution is -2.47. The molecule has 1 fully saturated rings. The molecule has 8 nitrogen and oxygen atoms in total. The van der Waals surface area contributed by atoms with Gasteiger partial charge in [-0.1, -0.05) is 17.7 Å². The van der Waals surface area contributed by atoms with Crippen LogP contribution in [0.5, 0.6) is 5.75 Å². The Balaban J connectivity index is 1.16. The molecule has 2 heterocycles. The third kappa shape index (κ3) is 6.24. The summed E-state index contributed by atoms with van der Waals surface area (Å²) in [5.41, 5.74) is 1.85. The van der Waals surface area contributed by atoms with E-state index in [-0.39, 0.29) is 23.2 Å². The highest BCUT2D eigenvalue weighted by Gasteiger charge is 2.18. The molecule has 1 aromatic heterocycles. The smallest absolute Gasteiger partial charge is 0.308 e. The van der Waals surface area contributed by atoms with Gasteiger partial charge in [-0.2, -0.15) is 0 Å². The van der Waals surface area contributed by atoms with Crippen LogP contribution in [0.25, 0.3) is 0 Å². The van der Waals surface area contributed by atoms with Crippen molar-refractivity contribution in [1.29, 1.82) is 0 Å². The van der Waals surface area contributed by atoms with Crippen LogP contribution in [0.2, 0.25) is 5.02 Å². The Kier molecular flexibility index (Phi) is 7.97. The van der Waals surface area contributed by atoms with Crippen molar-refractivity contribution in [3.05, 3.63) is 70.6 Å². The number of methoxy groups -OCH3 is 1. The molecule has 0 saturated carbocycles. The van der Waals surface area contributed by atoms with Crippen LogP contribution in [0, 0.1) is 5.82 Å². The van der Waals surface area contributed by atoms with Gasteiger partial charge in [0.2, 0.25) is 5.89 Å². The number of nitrogens with zero attached hydrogens (tertiary/aromatic N) is 4. The van der Waals surface area contributed by atoms with Crippen LogP contribution in [0.15, 0.2) is 46.9 Å². The Morgan fingerprint density at radius 3 is 2.62 bits per heavy atom. The highest BCUT2D eigenvalue weighted by molar-refractivity contribution is 6.31. The van der Waals surface area contributed by atoms with Gasteiger partial charge >= 0.3 is 11.8 Å². The van der Waals surface area contributed by atoms with E-state index in [1.165, 1.54) is 17.8 Å². The van der Waals surface area contributed by atoms with Crippen molar-refractivity contribution < 1.29 is 18.3 Å². The quantitative estimate of drug-likeness (QED) is 0.463. The minimum absolute atomic E-state index is 0.0960. The molecule has 0 unspecified atom stereocenters. The highest BCUT2D eigenvalue weighted by atomic mass is 35.5. The van der Waals surface area contributed by atoms with E-state index in [1.54, 1.807) is 13.2 Å². The number of anilines is 1. The molecule has 3 aromatic rings. The zero-order valence-electron chi connectivity index (χ0n) is 19.0. The fourth-order valence-electron chi connectivity index (χ4n) is 3.85. The molecular formula is C24H27ClFN5O3. The highest BCUT2D eigenvalue weighted by Crippen LogP contribution is 2.21. The first kappa shape index (κ1) is 24.0. The molecular weight excluding hydrogens is 461 g/mol. The van der Waals surface area contributed by atoms with Crippen molar-refractivity contribution in [3.8, 4) is 5.75 Å². The van der Waals surface area contributed by atoms with Crippen molar-refractivity contribution in [2.45, 2.75) is 12.8 Å². The van der Waals surface area contributed by atoms with Gasteiger partial charge < -0.3 is 19.4 Å². The molecule has 1 saturated heterocycles. The van der Waals surface area contributed by atoms with E-state index in [2.05, 4.69) is 37.4 Å². The number of rotatable bonds is 9. The van der Waals surface area contributed by atoms with E-state index in [0.29, 0.717) is 12.1 Å². The largest absolute Gasteiger partial charge is 0.497 e. The lowest BCUT2D eigenvalue weighted by Gasteiger charge is -2.36. The Bertz CT molecular complexity index is 1100. The normalized spacial score (nSPS) is 14.3. The van der Waals surface area contributed by atoms with Crippen molar-refractivity contribution in [1.82, 2.24) is 20.4 Å². The topological polar surface area (TPSA) is 83.7 Å². The molecule has 180 valence electrons. The monoisotopic (exact) mass is 487 g/mol. The first-order valence-electron chi connectivity index (χ1n) is 11.2. The summed E-state index contributed by atoms with van der Waals surface area (Å²) in [6.45, 7) is 5.27.